The smallest absolute Gasteiger partial charge is 0.308 e. The van der Waals surface area contributed by atoms with Gasteiger partial charge in [0.25, 0.3) is 0 Å². The zero-order chi connectivity index (χ0) is 21.0. The highest BCUT2D eigenvalue weighted by atomic mass is 32.1. The van der Waals surface area contributed by atoms with Gasteiger partial charge in [-0.25, -0.2) is 5.43 Å². The number of rotatable bonds is 3. The molecule has 0 radical (unpaired) electrons. The van der Waals surface area contributed by atoms with E-state index < -0.39 is 23.6 Å². The van der Waals surface area contributed by atoms with Crippen molar-refractivity contribution in [3.8, 4) is 6.07 Å². The summed E-state index contributed by atoms with van der Waals surface area (Å²) in [6.45, 7) is 0. The molecule has 0 saturated carbocycles. The number of hydrogen-bond donors (Lipinski definition) is 2. The van der Waals surface area contributed by atoms with Gasteiger partial charge in [-0.3, -0.25) is 9.59 Å². The van der Waals surface area contributed by atoms with Crippen LogP contribution in [0.2, 0.25) is 0 Å². The van der Waals surface area contributed by atoms with E-state index in [0.29, 0.717) is 10.6 Å². The molecule has 2 aromatic rings. The Morgan fingerprint density at radius 3 is 2.62 bits per heavy atom. The summed E-state index contributed by atoms with van der Waals surface area (Å²) in [5.41, 5.74) is 2.00. The number of halogens is 3. The van der Waals surface area contributed by atoms with E-state index in [1.54, 1.807) is 0 Å². The third-order valence-corrected chi connectivity index (χ3v) is 5.56. The van der Waals surface area contributed by atoms with Crippen LogP contribution in [-0.2, 0) is 28.6 Å². The lowest BCUT2D eigenvalue weighted by molar-refractivity contribution is -0.137. The zero-order valence-corrected chi connectivity index (χ0v) is 15.8. The van der Waals surface area contributed by atoms with Crippen LogP contribution >= 0.6 is 11.3 Å². The molecule has 0 bridgehead atoms. The first-order chi connectivity index (χ1) is 13.8. The van der Waals surface area contributed by atoms with E-state index >= 15 is 0 Å². The summed E-state index contributed by atoms with van der Waals surface area (Å²) >= 11 is 1.26. The molecule has 0 unspecified atom stereocenters. The van der Waals surface area contributed by atoms with Crippen molar-refractivity contribution in [2.24, 2.45) is 5.10 Å². The third kappa shape index (κ3) is 4.63. The SMILES string of the molecule is N#Cc1c(NC(=O)C(=O)N/N=C/c2ccccc2C(F)(F)F)sc2c1CCCC2. The predicted molar refractivity (Wildman–Crippen MR) is 101 cm³/mol. The summed E-state index contributed by atoms with van der Waals surface area (Å²) < 4.78 is 38.8. The molecule has 150 valence electrons. The van der Waals surface area contributed by atoms with Gasteiger partial charge in [0.15, 0.2) is 0 Å². The number of hydrazone groups is 1. The van der Waals surface area contributed by atoms with Crippen molar-refractivity contribution in [2.75, 3.05) is 5.32 Å². The first kappa shape index (κ1) is 20.5. The number of nitriles is 1. The van der Waals surface area contributed by atoms with Crippen LogP contribution in [0.1, 0.15) is 40.0 Å². The standard InChI is InChI=1S/C19H15F3N4O2S/c20-19(21,22)14-7-3-1-5-11(14)10-24-26-17(28)16(27)25-18-13(9-23)12-6-2-4-8-15(12)29-18/h1,3,5,7,10H,2,4,6,8H2,(H,25,27)(H,26,28)/b24-10+. The van der Waals surface area contributed by atoms with Crippen molar-refractivity contribution in [1.29, 1.82) is 5.26 Å². The monoisotopic (exact) mass is 420 g/mol. The fourth-order valence-corrected chi connectivity index (χ4v) is 4.25. The maximum Gasteiger partial charge on any atom is 0.417 e. The summed E-state index contributed by atoms with van der Waals surface area (Å²) in [6.07, 6.45) is -0.228. The van der Waals surface area contributed by atoms with Crippen LogP contribution in [0.5, 0.6) is 0 Å². The van der Waals surface area contributed by atoms with E-state index in [2.05, 4.69) is 16.5 Å². The molecule has 1 aromatic heterocycles. The van der Waals surface area contributed by atoms with Gasteiger partial charge >= 0.3 is 18.0 Å². The van der Waals surface area contributed by atoms with Gasteiger partial charge in [-0.2, -0.15) is 23.5 Å². The maximum absolute atomic E-state index is 12.9. The zero-order valence-electron chi connectivity index (χ0n) is 15.0. The number of carbonyl (C=O) groups excluding carboxylic acids is 2. The number of carbonyl (C=O) groups is 2. The number of nitrogens with one attached hydrogen (secondary N) is 2. The lowest BCUT2D eigenvalue weighted by atomic mass is 9.96. The fraction of sp³-hybridized carbons (Fsp3) is 0.263. The average Bonchev–Trinajstić information content (AvgIpc) is 3.04. The molecule has 29 heavy (non-hydrogen) atoms. The highest BCUT2D eigenvalue weighted by molar-refractivity contribution is 7.16. The van der Waals surface area contributed by atoms with Gasteiger partial charge in [-0.15, -0.1) is 11.3 Å². The molecule has 6 nitrogen and oxygen atoms in total. The van der Waals surface area contributed by atoms with Crippen molar-refractivity contribution in [3.63, 3.8) is 0 Å². The molecule has 3 rings (SSSR count). The minimum Gasteiger partial charge on any atom is -0.308 e. The molecule has 10 heteroatoms. The number of hydrogen-bond acceptors (Lipinski definition) is 5. The number of alkyl halides is 3. The van der Waals surface area contributed by atoms with E-state index in [1.165, 1.54) is 29.5 Å². The molecule has 0 saturated heterocycles. The lowest BCUT2D eigenvalue weighted by Gasteiger charge is -2.09. The van der Waals surface area contributed by atoms with E-state index in [9.17, 15) is 28.0 Å². The Labute approximate surface area is 168 Å². The summed E-state index contributed by atoms with van der Waals surface area (Å²) in [5.74, 6) is -2.21. The Bertz CT molecular complexity index is 1020. The van der Waals surface area contributed by atoms with Crippen molar-refractivity contribution >= 4 is 34.4 Å². The Balaban J connectivity index is 1.67. The number of aryl methyl sites for hydroxylation is 1. The number of nitrogens with zero attached hydrogens (tertiary/aromatic N) is 2. The highest BCUT2D eigenvalue weighted by Gasteiger charge is 2.32. The van der Waals surface area contributed by atoms with Gasteiger partial charge in [0.2, 0.25) is 0 Å². The Hall–Kier alpha value is -3.19. The van der Waals surface area contributed by atoms with Crippen LogP contribution in [0.4, 0.5) is 18.2 Å². The molecule has 0 spiro atoms. The Kier molecular flexibility index (Phi) is 5.98. The minimum atomic E-state index is -4.57. The van der Waals surface area contributed by atoms with E-state index in [-0.39, 0.29) is 5.56 Å². The molecule has 0 atom stereocenters. The van der Waals surface area contributed by atoms with Crippen LogP contribution in [-0.4, -0.2) is 18.0 Å². The number of fused-ring (bicyclic) bond motifs is 1. The molecule has 1 aliphatic carbocycles. The topological polar surface area (TPSA) is 94.4 Å². The van der Waals surface area contributed by atoms with Crippen molar-refractivity contribution in [1.82, 2.24) is 5.43 Å². The lowest BCUT2D eigenvalue weighted by Crippen LogP contribution is -2.32. The molecule has 1 aliphatic rings. The normalized spacial score (nSPS) is 13.6. The minimum absolute atomic E-state index is 0.251. The second-order valence-electron chi connectivity index (χ2n) is 6.27. The average molecular weight is 420 g/mol. The first-order valence-corrected chi connectivity index (χ1v) is 9.48. The largest absolute Gasteiger partial charge is 0.417 e. The molecular formula is C19H15F3N4O2S. The molecule has 1 heterocycles. The van der Waals surface area contributed by atoms with Crippen LogP contribution < -0.4 is 10.7 Å². The highest BCUT2D eigenvalue weighted by Crippen LogP contribution is 2.37. The third-order valence-electron chi connectivity index (χ3n) is 4.35. The van der Waals surface area contributed by atoms with E-state index in [4.69, 9.17) is 0 Å². The van der Waals surface area contributed by atoms with Gasteiger partial charge < -0.3 is 5.32 Å². The molecule has 1 aromatic carbocycles. The molecule has 2 N–H and O–H groups in total. The van der Waals surface area contributed by atoms with Crippen LogP contribution in [0, 0.1) is 11.3 Å². The van der Waals surface area contributed by atoms with Crippen molar-refractivity contribution in [2.45, 2.75) is 31.9 Å². The summed E-state index contributed by atoms with van der Waals surface area (Å²) in [4.78, 5) is 25.0. The van der Waals surface area contributed by atoms with E-state index in [0.717, 1.165) is 48.4 Å². The Morgan fingerprint density at radius 1 is 1.17 bits per heavy atom. The van der Waals surface area contributed by atoms with Crippen LogP contribution in [0.15, 0.2) is 29.4 Å². The number of benzene rings is 1. The summed E-state index contributed by atoms with van der Waals surface area (Å²) in [7, 11) is 0. The van der Waals surface area contributed by atoms with Crippen LogP contribution in [0.25, 0.3) is 0 Å². The van der Waals surface area contributed by atoms with Gasteiger partial charge in [0.1, 0.15) is 11.1 Å². The number of thiophene rings is 1. The van der Waals surface area contributed by atoms with E-state index in [1.807, 2.05) is 5.43 Å². The number of anilines is 1. The van der Waals surface area contributed by atoms with Crippen molar-refractivity contribution < 1.29 is 22.8 Å². The summed E-state index contributed by atoms with van der Waals surface area (Å²) in [6, 6.07) is 6.77. The maximum atomic E-state index is 12.9. The molecular weight excluding hydrogens is 405 g/mol. The molecule has 2 amide bonds. The first-order valence-electron chi connectivity index (χ1n) is 8.66. The second kappa shape index (κ2) is 8.45. The second-order valence-corrected chi connectivity index (χ2v) is 7.37. The number of amides is 2. The fourth-order valence-electron chi connectivity index (χ4n) is 3.01. The van der Waals surface area contributed by atoms with Gasteiger partial charge in [0, 0.05) is 10.4 Å². The molecule has 0 fully saturated rings. The quantitative estimate of drug-likeness (QED) is 0.451. The van der Waals surface area contributed by atoms with Gasteiger partial charge in [-0.05, 0) is 37.3 Å². The summed E-state index contributed by atoms with van der Waals surface area (Å²) in [5, 5.41) is 15.5. The Morgan fingerprint density at radius 2 is 1.90 bits per heavy atom. The molecule has 0 aliphatic heterocycles. The van der Waals surface area contributed by atoms with Gasteiger partial charge in [-0.1, -0.05) is 18.2 Å². The van der Waals surface area contributed by atoms with Crippen molar-refractivity contribution in [3.05, 3.63) is 51.4 Å². The van der Waals surface area contributed by atoms with Crippen LogP contribution in [0.3, 0.4) is 0 Å². The predicted octanol–water partition coefficient (Wildman–Crippen LogP) is 3.61. The van der Waals surface area contributed by atoms with Gasteiger partial charge in [0.05, 0.1) is 17.3 Å².